The molecule has 0 bridgehead atoms. The van der Waals surface area contributed by atoms with Crippen LogP contribution >= 0.6 is 11.6 Å². The molecule has 0 spiro atoms. The molecule has 0 atom stereocenters. The summed E-state index contributed by atoms with van der Waals surface area (Å²) in [6, 6.07) is 3.93. The van der Waals surface area contributed by atoms with E-state index in [2.05, 4.69) is 28.8 Å². The second kappa shape index (κ2) is 7.23. The summed E-state index contributed by atoms with van der Waals surface area (Å²) in [6.07, 6.45) is 5.09. The Bertz CT molecular complexity index is 898. The van der Waals surface area contributed by atoms with Crippen molar-refractivity contribution in [2.24, 2.45) is 0 Å². The lowest BCUT2D eigenvalue weighted by molar-refractivity contribution is 0.389. The quantitative estimate of drug-likeness (QED) is 0.630. The van der Waals surface area contributed by atoms with Crippen LogP contribution in [0.2, 0.25) is 5.28 Å². The van der Waals surface area contributed by atoms with Crippen LogP contribution in [0, 0.1) is 0 Å². The number of rotatable bonds is 5. The molecule has 0 aliphatic rings. The van der Waals surface area contributed by atoms with E-state index in [1.807, 2.05) is 12.1 Å². The van der Waals surface area contributed by atoms with Gasteiger partial charge in [-0.05, 0) is 30.5 Å². The van der Waals surface area contributed by atoms with Crippen LogP contribution in [0.3, 0.4) is 0 Å². The van der Waals surface area contributed by atoms with Crippen molar-refractivity contribution in [3.8, 4) is 22.8 Å². The minimum atomic E-state index is 0.216. The number of nitrogens with zero attached hydrogens (tertiary/aromatic N) is 3. The van der Waals surface area contributed by atoms with Gasteiger partial charge in [0.1, 0.15) is 11.5 Å². The van der Waals surface area contributed by atoms with Gasteiger partial charge in [-0.25, -0.2) is 9.97 Å². The Kier molecular flexibility index (Phi) is 5.04. The van der Waals surface area contributed by atoms with Crippen molar-refractivity contribution >= 4 is 22.5 Å². The van der Waals surface area contributed by atoms with Gasteiger partial charge in [-0.2, -0.15) is 0 Å². The van der Waals surface area contributed by atoms with Crippen molar-refractivity contribution in [2.75, 3.05) is 14.2 Å². The lowest BCUT2D eigenvalue weighted by Crippen LogP contribution is -2.03. The summed E-state index contributed by atoms with van der Waals surface area (Å²) >= 11 is 5.87. The average Bonchev–Trinajstić information content (AvgIpc) is 2.65. The lowest BCUT2D eigenvalue weighted by Gasteiger charge is -2.19. The number of halogens is 1. The smallest absolute Gasteiger partial charge is 0.222 e. The second-order valence-electron chi connectivity index (χ2n) is 5.59. The van der Waals surface area contributed by atoms with Crippen molar-refractivity contribution in [3.05, 3.63) is 40.9 Å². The molecule has 2 heterocycles. The zero-order chi connectivity index (χ0) is 18.0. The van der Waals surface area contributed by atoms with E-state index in [0.717, 1.165) is 57.6 Å². The third kappa shape index (κ3) is 3.12. The van der Waals surface area contributed by atoms with Crippen molar-refractivity contribution in [2.45, 2.75) is 26.7 Å². The molecule has 0 radical (unpaired) electrons. The summed E-state index contributed by atoms with van der Waals surface area (Å²) in [5, 5.41) is 1.11. The highest BCUT2D eigenvalue weighted by atomic mass is 35.5. The Hall–Kier alpha value is -2.40. The number of hydrogen-bond acceptors (Lipinski definition) is 5. The van der Waals surface area contributed by atoms with Gasteiger partial charge < -0.3 is 9.47 Å². The Morgan fingerprint density at radius 3 is 2.12 bits per heavy atom. The van der Waals surface area contributed by atoms with Crippen LogP contribution in [0.5, 0.6) is 11.5 Å². The van der Waals surface area contributed by atoms with Crippen LogP contribution in [0.15, 0.2) is 24.5 Å². The number of ether oxygens (including phenoxy) is 2. The molecule has 0 aliphatic heterocycles. The zero-order valence-electron chi connectivity index (χ0n) is 14.8. The fraction of sp³-hybridized carbons (Fsp3) is 0.316. The normalized spacial score (nSPS) is 10.9. The van der Waals surface area contributed by atoms with E-state index in [-0.39, 0.29) is 5.28 Å². The largest absolute Gasteiger partial charge is 0.496 e. The molecule has 1 aromatic carbocycles. The molecule has 0 saturated carbocycles. The molecular weight excluding hydrogens is 338 g/mol. The van der Waals surface area contributed by atoms with E-state index in [0.29, 0.717) is 0 Å². The predicted molar refractivity (Wildman–Crippen MR) is 99.6 cm³/mol. The maximum Gasteiger partial charge on any atom is 0.222 e. The Labute approximate surface area is 152 Å². The number of fused-ring (bicyclic) bond motifs is 1. The first kappa shape index (κ1) is 17.4. The summed E-state index contributed by atoms with van der Waals surface area (Å²) in [6.45, 7) is 4.22. The molecule has 3 rings (SSSR count). The summed E-state index contributed by atoms with van der Waals surface area (Å²) < 4.78 is 11.2. The van der Waals surface area contributed by atoms with Gasteiger partial charge in [0.25, 0.3) is 0 Å². The first-order valence-corrected chi connectivity index (χ1v) is 8.56. The average molecular weight is 358 g/mol. The molecule has 25 heavy (non-hydrogen) atoms. The summed E-state index contributed by atoms with van der Waals surface area (Å²) in [4.78, 5) is 12.9. The standard InChI is InChI=1S/C19H20ClN3O2/c1-5-12-16(24-3)8-17(25-4)13(6-2)18(12)14-7-11-9-22-19(20)23-15(11)10-21-14/h7-10H,5-6H2,1-4H3. The van der Waals surface area contributed by atoms with Crippen LogP contribution in [0.4, 0.5) is 0 Å². The zero-order valence-corrected chi connectivity index (χ0v) is 15.5. The molecule has 6 heteroatoms. The molecule has 2 aromatic heterocycles. The van der Waals surface area contributed by atoms with Crippen molar-refractivity contribution in [3.63, 3.8) is 0 Å². The molecule has 0 unspecified atom stereocenters. The van der Waals surface area contributed by atoms with Gasteiger partial charge >= 0.3 is 0 Å². The number of hydrogen-bond donors (Lipinski definition) is 0. The van der Waals surface area contributed by atoms with Crippen LogP contribution in [-0.2, 0) is 12.8 Å². The third-order valence-corrected chi connectivity index (χ3v) is 4.48. The molecule has 0 amide bonds. The molecule has 3 aromatic rings. The van der Waals surface area contributed by atoms with Crippen LogP contribution in [-0.4, -0.2) is 29.2 Å². The van der Waals surface area contributed by atoms with Crippen molar-refractivity contribution in [1.82, 2.24) is 15.0 Å². The van der Waals surface area contributed by atoms with E-state index < -0.39 is 0 Å². The maximum absolute atomic E-state index is 5.87. The summed E-state index contributed by atoms with van der Waals surface area (Å²) in [5.74, 6) is 1.61. The van der Waals surface area contributed by atoms with Crippen molar-refractivity contribution < 1.29 is 9.47 Å². The minimum Gasteiger partial charge on any atom is -0.496 e. The first-order valence-electron chi connectivity index (χ1n) is 8.18. The molecule has 0 fully saturated rings. The van der Waals surface area contributed by atoms with Gasteiger partial charge in [0, 0.05) is 34.3 Å². The topological polar surface area (TPSA) is 57.1 Å². The number of methoxy groups -OCH3 is 2. The minimum absolute atomic E-state index is 0.216. The van der Waals surface area contributed by atoms with Gasteiger partial charge in [0.05, 0.1) is 31.6 Å². The van der Waals surface area contributed by atoms with Crippen LogP contribution < -0.4 is 9.47 Å². The first-order chi connectivity index (χ1) is 12.1. The Morgan fingerprint density at radius 2 is 1.56 bits per heavy atom. The van der Waals surface area contributed by atoms with Crippen LogP contribution in [0.25, 0.3) is 22.2 Å². The SMILES string of the molecule is CCc1c(OC)cc(OC)c(CC)c1-c1cc2cnc(Cl)nc2cn1. The number of aromatic nitrogens is 3. The Balaban J connectivity index is 2.32. The van der Waals surface area contributed by atoms with Gasteiger partial charge in [0.2, 0.25) is 5.28 Å². The monoisotopic (exact) mass is 357 g/mol. The highest BCUT2D eigenvalue weighted by Crippen LogP contribution is 2.40. The van der Waals surface area contributed by atoms with E-state index in [4.69, 9.17) is 21.1 Å². The van der Waals surface area contributed by atoms with E-state index in [9.17, 15) is 0 Å². The highest BCUT2D eigenvalue weighted by molar-refractivity contribution is 6.28. The molecule has 5 nitrogen and oxygen atoms in total. The number of benzene rings is 1. The summed E-state index contributed by atoms with van der Waals surface area (Å²) in [7, 11) is 3.35. The molecular formula is C19H20ClN3O2. The van der Waals surface area contributed by atoms with Gasteiger partial charge in [-0.3, -0.25) is 4.98 Å². The second-order valence-corrected chi connectivity index (χ2v) is 5.93. The summed E-state index contributed by atoms with van der Waals surface area (Å²) in [5.41, 5.74) is 4.85. The fourth-order valence-electron chi connectivity index (χ4n) is 3.15. The van der Waals surface area contributed by atoms with Crippen molar-refractivity contribution in [1.29, 1.82) is 0 Å². The molecule has 130 valence electrons. The van der Waals surface area contributed by atoms with Gasteiger partial charge in [-0.15, -0.1) is 0 Å². The van der Waals surface area contributed by atoms with Gasteiger partial charge in [-0.1, -0.05) is 13.8 Å². The highest BCUT2D eigenvalue weighted by Gasteiger charge is 2.20. The van der Waals surface area contributed by atoms with E-state index in [1.54, 1.807) is 26.6 Å². The molecule has 0 N–H and O–H groups in total. The molecule has 0 aliphatic carbocycles. The predicted octanol–water partition coefficient (Wildman–Crippen LogP) is 4.49. The Morgan fingerprint density at radius 1 is 0.920 bits per heavy atom. The maximum atomic E-state index is 5.87. The van der Waals surface area contributed by atoms with Crippen LogP contribution in [0.1, 0.15) is 25.0 Å². The lowest BCUT2D eigenvalue weighted by atomic mass is 9.92. The fourth-order valence-corrected chi connectivity index (χ4v) is 3.29. The van der Waals surface area contributed by atoms with Gasteiger partial charge in [0.15, 0.2) is 0 Å². The third-order valence-electron chi connectivity index (χ3n) is 4.30. The van der Waals surface area contributed by atoms with E-state index >= 15 is 0 Å². The number of pyridine rings is 1. The van der Waals surface area contributed by atoms with E-state index in [1.165, 1.54) is 0 Å². The molecule has 0 saturated heterocycles.